The lowest BCUT2D eigenvalue weighted by Crippen LogP contribution is -2.46. The van der Waals surface area contributed by atoms with Gasteiger partial charge < -0.3 is 4.74 Å². The molecule has 1 aliphatic rings. The minimum absolute atomic E-state index is 0.340. The Labute approximate surface area is 137 Å². The second-order valence-electron chi connectivity index (χ2n) is 6.72. The highest BCUT2D eigenvalue weighted by Crippen LogP contribution is 2.42. The van der Waals surface area contributed by atoms with Gasteiger partial charge in [0.15, 0.2) is 0 Å². The molecular weight excluding hydrogens is 350 g/mol. The van der Waals surface area contributed by atoms with Gasteiger partial charge in [0.25, 0.3) is 5.91 Å². The van der Waals surface area contributed by atoms with Gasteiger partial charge in [0.1, 0.15) is 11.9 Å². The molecule has 0 aliphatic carbocycles. The van der Waals surface area contributed by atoms with Crippen molar-refractivity contribution in [2.24, 2.45) is 0 Å². The van der Waals surface area contributed by atoms with Crippen LogP contribution in [-0.2, 0) is 10.3 Å². The van der Waals surface area contributed by atoms with Crippen molar-refractivity contribution in [3.05, 3.63) is 33.3 Å². The molecule has 2 amide bonds. The Kier molecular flexibility index (Phi) is 3.94. The third-order valence-electron chi connectivity index (χ3n) is 3.44. The van der Waals surface area contributed by atoms with Crippen molar-refractivity contribution in [3.63, 3.8) is 0 Å². The second-order valence-corrected chi connectivity index (χ2v) is 7.63. The molecular formula is C16H18BrNO4. The average molecular weight is 368 g/mol. The van der Waals surface area contributed by atoms with Crippen molar-refractivity contribution in [1.29, 1.82) is 0 Å². The van der Waals surface area contributed by atoms with E-state index in [1.807, 2.05) is 0 Å². The molecule has 0 saturated heterocycles. The van der Waals surface area contributed by atoms with Crippen molar-refractivity contribution in [2.75, 3.05) is 0 Å². The number of halogens is 1. The van der Waals surface area contributed by atoms with E-state index in [4.69, 9.17) is 4.74 Å². The van der Waals surface area contributed by atoms with Gasteiger partial charge in [0.2, 0.25) is 0 Å². The maximum Gasteiger partial charge on any atom is 0.418 e. The van der Waals surface area contributed by atoms with E-state index in [1.165, 1.54) is 0 Å². The van der Waals surface area contributed by atoms with E-state index in [0.717, 1.165) is 4.90 Å². The summed E-state index contributed by atoms with van der Waals surface area (Å²) in [5.74, 6) is -0.460. The highest BCUT2D eigenvalue weighted by Gasteiger charge is 2.49. The first-order valence-corrected chi connectivity index (χ1v) is 7.65. The Morgan fingerprint density at radius 1 is 1.32 bits per heavy atom. The number of carbonyl (C=O) groups excluding carboxylic acids is 3. The largest absolute Gasteiger partial charge is 0.443 e. The molecule has 1 aliphatic heterocycles. The molecule has 1 aromatic rings. The molecule has 0 N–H and O–H groups in total. The molecule has 0 aromatic heterocycles. The summed E-state index contributed by atoms with van der Waals surface area (Å²) in [6.07, 6.45) is -0.0244. The second kappa shape index (κ2) is 5.19. The predicted molar refractivity (Wildman–Crippen MR) is 85.0 cm³/mol. The molecule has 5 nitrogen and oxygen atoms in total. The Morgan fingerprint density at radius 2 is 1.91 bits per heavy atom. The molecule has 0 spiro atoms. The molecule has 0 unspecified atom stereocenters. The molecule has 118 valence electrons. The van der Waals surface area contributed by atoms with Crippen LogP contribution in [0, 0.1) is 0 Å². The normalized spacial score (nSPS) is 16.5. The zero-order valence-corrected chi connectivity index (χ0v) is 14.8. The van der Waals surface area contributed by atoms with Crippen LogP contribution in [-0.4, -0.2) is 28.8 Å². The average Bonchev–Trinajstić information content (AvgIpc) is 2.53. The Morgan fingerprint density at radius 3 is 2.41 bits per heavy atom. The summed E-state index contributed by atoms with van der Waals surface area (Å²) < 4.78 is 5.94. The van der Waals surface area contributed by atoms with Gasteiger partial charge in [-0.25, -0.2) is 9.69 Å². The molecule has 6 heteroatoms. The van der Waals surface area contributed by atoms with Crippen LogP contribution < -0.4 is 0 Å². The summed E-state index contributed by atoms with van der Waals surface area (Å²) in [7, 11) is 0. The third kappa shape index (κ3) is 2.67. The van der Waals surface area contributed by atoms with Crippen LogP contribution in [0.5, 0.6) is 0 Å². The maximum absolute atomic E-state index is 12.6. The summed E-state index contributed by atoms with van der Waals surface area (Å²) in [6, 6.07) is 3.26. The predicted octanol–water partition coefficient (Wildman–Crippen LogP) is 3.89. The SMILES string of the molecule is CC(C)(C)OC(=O)N1C(=O)c2cc(Br)cc(C=O)c2C1(C)C. The first-order chi connectivity index (χ1) is 9.99. The number of amides is 2. The zero-order chi connectivity index (χ0) is 16.9. The van der Waals surface area contributed by atoms with Crippen molar-refractivity contribution in [2.45, 2.75) is 45.8 Å². The van der Waals surface area contributed by atoms with Gasteiger partial charge in [-0.15, -0.1) is 0 Å². The van der Waals surface area contributed by atoms with E-state index in [2.05, 4.69) is 15.9 Å². The topological polar surface area (TPSA) is 63.7 Å². The summed E-state index contributed by atoms with van der Waals surface area (Å²) in [4.78, 5) is 37.5. The van der Waals surface area contributed by atoms with Crippen LogP contribution >= 0.6 is 15.9 Å². The van der Waals surface area contributed by atoms with Crippen molar-refractivity contribution in [3.8, 4) is 0 Å². The van der Waals surface area contributed by atoms with Crippen LogP contribution in [0.25, 0.3) is 0 Å². The van der Waals surface area contributed by atoms with E-state index < -0.39 is 23.1 Å². The smallest absolute Gasteiger partial charge is 0.418 e. The fourth-order valence-corrected chi connectivity index (χ4v) is 3.15. The number of imide groups is 1. The summed E-state index contributed by atoms with van der Waals surface area (Å²) in [6.45, 7) is 8.65. The third-order valence-corrected chi connectivity index (χ3v) is 3.90. The molecule has 0 radical (unpaired) electrons. The van der Waals surface area contributed by atoms with E-state index in [-0.39, 0.29) is 0 Å². The lowest BCUT2D eigenvalue weighted by atomic mass is 9.90. The minimum atomic E-state index is -0.953. The number of hydrogen-bond donors (Lipinski definition) is 0. The van der Waals surface area contributed by atoms with Crippen LogP contribution in [0.4, 0.5) is 4.79 Å². The van der Waals surface area contributed by atoms with Crippen LogP contribution in [0.1, 0.15) is 60.9 Å². The molecule has 22 heavy (non-hydrogen) atoms. The first-order valence-electron chi connectivity index (χ1n) is 6.86. The summed E-state index contributed by atoms with van der Waals surface area (Å²) >= 11 is 3.28. The van der Waals surface area contributed by atoms with Gasteiger partial charge in [-0.2, -0.15) is 0 Å². The number of carbonyl (C=O) groups is 3. The maximum atomic E-state index is 12.6. The van der Waals surface area contributed by atoms with Crippen molar-refractivity contribution in [1.82, 2.24) is 4.90 Å². The number of hydrogen-bond acceptors (Lipinski definition) is 4. The van der Waals surface area contributed by atoms with Gasteiger partial charge in [-0.05, 0) is 46.8 Å². The molecule has 0 fully saturated rings. The van der Waals surface area contributed by atoms with Crippen molar-refractivity contribution < 1.29 is 19.1 Å². The van der Waals surface area contributed by atoms with Crippen LogP contribution in [0.15, 0.2) is 16.6 Å². The van der Waals surface area contributed by atoms with Gasteiger partial charge in [0.05, 0.1) is 5.54 Å². The Bertz CT molecular complexity index is 673. The van der Waals surface area contributed by atoms with Gasteiger partial charge in [-0.1, -0.05) is 15.9 Å². The standard InChI is InChI=1S/C16H18BrNO4/c1-15(2,3)22-14(21)18-13(20)11-7-10(17)6-9(8-19)12(11)16(18,4)5/h6-8H,1-5H3. The number of aldehydes is 1. The number of rotatable bonds is 1. The molecule has 0 saturated carbocycles. The monoisotopic (exact) mass is 367 g/mol. The van der Waals surface area contributed by atoms with Gasteiger partial charge in [0, 0.05) is 21.2 Å². The number of fused-ring (bicyclic) bond motifs is 1. The summed E-state index contributed by atoms with van der Waals surface area (Å²) in [5.41, 5.74) is -0.398. The molecule has 2 rings (SSSR count). The highest BCUT2D eigenvalue weighted by atomic mass is 79.9. The molecule has 0 bridgehead atoms. The molecule has 1 aromatic carbocycles. The van der Waals surface area contributed by atoms with E-state index in [1.54, 1.807) is 46.8 Å². The molecule has 0 atom stereocenters. The zero-order valence-electron chi connectivity index (χ0n) is 13.2. The lowest BCUT2D eigenvalue weighted by Gasteiger charge is -2.32. The van der Waals surface area contributed by atoms with Crippen molar-refractivity contribution >= 4 is 34.2 Å². The highest BCUT2D eigenvalue weighted by molar-refractivity contribution is 9.10. The van der Waals surface area contributed by atoms with E-state index in [0.29, 0.717) is 27.4 Å². The Hall–Kier alpha value is -1.69. The first kappa shape index (κ1) is 16.7. The van der Waals surface area contributed by atoms with Crippen LogP contribution in [0.2, 0.25) is 0 Å². The number of nitrogens with zero attached hydrogens (tertiary/aromatic N) is 1. The minimum Gasteiger partial charge on any atom is -0.443 e. The lowest BCUT2D eigenvalue weighted by molar-refractivity contribution is 0.00928. The Balaban J connectivity index is 2.57. The number of ether oxygens (including phenoxy) is 1. The quantitative estimate of drug-likeness (QED) is 0.706. The fraction of sp³-hybridized carbons (Fsp3) is 0.438. The van der Waals surface area contributed by atoms with Crippen LogP contribution in [0.3, 0.4) is 0 Å². The van der Waals surface area contributed by atoms with Gasteiger partial charge in [-0.3, -0.25) is 9.59 Å². The van der Waals surface area contributed by atoms with E-state index in [9.17, 15) is 14.4 Å². The van der Waals surface area contributed by atoms with Gasteiger partial charge >= 0.3 is 6.09 Å². The number of benzene rings is 1. The van der Waals surface area contributed by atoms with E-state index >= 15 is 0 Å². The fourth-order valence-electron chi connectivity index (χ4n) is 2.68. The summed E-state index contributed by atoms with van der Waals surface area (Å²) in [5, 5.41) is 0. The molecule has 1 heterocycles.